The molecule has 0 aliphatic rings. The predicted octanol–water partition coefficient (Wildman–Crippen LogP) is 2.16. The van der Waals surface area contributed by atoms with Crippen molar-refractivity contribution in [2.24, 2.45) is 0 Å². The van der Waals surface area contributed by atoms with Crippen LogP contribution in [0.3, 0.4) is 0 Å². The van der Waals surface area contributed by atoms with E-state index in [1.165, 1.54) is 0 Å². The molecule has 0 unspecified atom stereocenters. The van der Waals surface area contributed by atoms with E-state index in [4.69, 9.17) is 4.74 Å². The second-order valence-electron chi connectivity index (χ2n) is 2.23. The zero-order chi connectivity index (χ0) is 8.97. The van der Waals surface area contributed by atoms with Crippen LogP contribution in [0.4, 0.5) is 0 Å². The van der Waals surface area contributed by atoms with E-state index in [1.807, 2.05) is 13.0 Å². The molecule has 0 bridgehead atoms. The summed E-state index contributed by atoms with van der Waals surface area (Å²) in [5.74, 6) is 0.597. The van der Waals surface area contributed by atoms with Crippen molar-refractivity contribution in [3.8, 4) is 5.75 Å². The molecule has 0 aliphatic carbocycles. The molecule has 0 saturated heterocycles. The molecule has 2 nitrogen and oxygen atoms in total. The van der Waals surface area contributed by atoms with E-state index in [0.29, 0.717) is 17.9 Å². The lowest BCUT2D eigenvalue weighted by molar-refractivity contribution is 0.108. The lowest BCUT2D eigenvalue weighted by atomic mass is 10.2. The highest BCUT2D eigenvalue weighted by Crippen LogP contribution is 2.19. The second-order valence-corrected chi connectivity index (χ2v) is 2.64. The third-order valence-corrected chi connectivity index (χ3v) is 1.66. The van der Waals surface area contributed by atoms with Gasteiger partial charge in [-0.1, -0.05) is 12.1 Å². The molecule has 0 saturated carbocycles. The number of benzene rings is 1. The molecule has 12 heavy (non-hydrogen) atoms. The number of rotatable bonds is 3. The van der Waals surface area contributed by atoms with Crippen LogP contribution >= 0.6 is 12.6 Å². The number of ether oxygens (including phenoxy) is 1. The summed E-state index contributed by atoms with van der Waals surface area (Å²) in [5.41, 5.74) is 0.516. The average molecular weight is 182 g/mol. The highest BCUT2D eigenvalue weighted by Gasteiger charge is 2.06. The molecule has 0 spiro atoms. The third kappa shape index (κ3) is 2.01. The fourth-order valence-corrected chi connectivity index (χ4v) is 1.11. The van der Waals surface area contributed by atoms with E-state index in [1.54, 1.807) is 18.2 Å². The highest BCUT2D eigenvalue weighted by atomic mass is 32.1. The highest BCUT2D eigenvalue weighted by molar-refractivity contribution is 7.97. The van der Waals surface area contributed by atoms with Crippen molar-refractivity contribution >= 4 is 17.7 Å². The van der Waals surface area contributed by atoms with Crippen LogP contribution in [0.1, 0.15) is 17.3 Å². The van der Waals surface area contributed by atoms with Gasteiger partial charge in [0.1, 0.15) is 5.75 Å². The lowest BCUT2D eigenvalue weighted by Gasteiger charge is -2.05. The first-order chi connectivity index (χ1) is 5.75. The Hall–Kier alpha value is -0.960. The molecule has 0 heterocycles. The number of carbonyl (C=O) groups is 1. The molecule has 0 amide bonds. The molecule has 1 aromatic carbocycles. The standard InChI is InChI=1S/C9H10O2S/c1-2-11-8-6-4-3-5-7(8)9(10)12/h3-6H,2H2,1H3,(H,10,12). The van der Waals surface area contributed by atoms with Gasteiger partial charge >= 0.3 is 0 Å². The molecule has 3 heteroatoms. The van der Waals surface area contributed by atoms with Gasteiger partial charge in [0.05, 0.1) is 12.2 Å². The minimum Gasteiger partial charge on any atom is -0.493 e. The minimum absolute atomic E-state index is 0.265. The number of carbonyl (C=O) groups excluding carboxylic acids is 1. The quantitative estimate of drug-likeness (QED) is 0.725. The number of hydrogen-bond donors (Lipinski definition) is 1. The summed E-state index contributed by atoms with van der Waals surface area (Å²) < 4.78 is 5.23. The maximum atomic E-state index is 10.9. The molecule has 0 fully saturated rings. The monoisotopic (exact) mass is 182 g/mol. The lowest BCUT2D eigenvalue weighted by Crippen LogP contribution is -1.98. The predicted molar refractivity (Wildman–Crippen MR) is 50.9 cm³/mol. The fourth-order valence-electron chi connectivity index (χ4n) is 0.925. The number of para-hydroxylation sites is 1. The Bertz CT molecular complexity index is 284. The van der Waals surface area contributed by atoms with Crippen molar-refractivity contribution in [3.05, 3.63) is 29.8 Å². The summed E-state index contributed by atoms with van der Waals surface area (Å²) in [5, 5.41) is -0.265. The van der Waals surface area contributed by atoms with E-state index >= 15 is 0 Å². The van der Waals surface area contributed by atoms with Crippen LogP contribution in [0, 0.1) is 0 Å². The molecule has 0 aliphatic heterocycles. The number of hydrogen-bond acceptors (Lipinski definition) is 2. The van der Waals surface area contributed by atoms with Gasteiger partial charge in [-0.05, 0) is 19.1 Å². The van der Waals surface area contributed by atoms with Crippen LogP contribution in [0.25, 0.3) is 0 Å². The SMILES string of the molecule is CCOc1ccccc1C(=O)S. The Kier molecular flexibility index (Phi) is 3.17. The van der Waals surface area contributed by atoms with Gasteiger partial charge in [-0.3, -0.25) is 4.79 Å². The van der Waals surface area contributed by atoms with Crippen LogP contribution in [0.15, 0.2) is 24.3 Å². The van der Waals surface area contributed by atoms with Gasteiger partial charge in [0.15, 0.2) is 0 Å². The van der Waals surface area contributed by atoms with Crippen molar-refractivity contribution in [2.75, 3.05) is 6.61 Å². The maximum Gasteiger partial charge on any atom is 0.220 e. The first-order valence-electron chi connectivity index (χ1n) is 3.70. The minimum atomic E-state index is -0.265. The smallest absolute Gasteiger partial charge is 0.220 e. The fraction of sp³-hybridized carbons (Fsp3) is 0.222. The van der Waals surface area contributed by atoms with Crippen molar-refractivity contribution < 1.29 is 9.53 Å². The third-order valence-electron chi connectivity index (χ3n) is 1.42. The first-order valence-corrected chi connectivity index (χ1v) is 4.15. The normalized spacial score (nSPS) is 9.50. The Balaban J connectivity index is 3.00. The van der Waals surface area contributed by atoms with Crippen LogP contribution in [-0.2, 0) is 0 Å². The zero-order valence-electron chi connectivity index (χ0n) is 6.78. The van der Waals surface area contributed by atoms with E-state index in [9.17, 15) is 4.79 Å². The average Bonchev–Trinajstić information content (AvgIpc) is 2.05. The molecule has 64 valence electrons. The van der Waals surface area contributed by atoms with Gasteiger partial charge in [-0.15, -0.1) is 12.6 Å². The van der Waals surface area contributed by atoms with Crippen LogP contribution in [0.5, 0.6) is 5.75 Å². The van der Waals surface area contributed by atoms with Crippen LogP contribution < -0.4 is 4.74 Å². The van der Waals surface area contributed by atoms with E-state index in [0.717, 1.165) is 0 Å². The summed E-state index contributed by atoms with van der Waals surface area (Å²) >= 11 is 3.73. The molecule has 0 radical (unpaired) electrons. The summed E-state index contributed by atoms with van der Waals surface area (Å²) in [6.07, 6.45) is 0. The zero-order valence-corrected chi connectivity index (χ0v) is 7.67. The summed E-state index contributed by atoms with van der Waals surface area (Å²) in [7, 11) is 0. The van der Waals surface area contributed by atoms with E-state index < -0.39 is 0 Å². The summed E-state index contributed by atoms with van der Waals surface area (Å²) in [6.45, 7) is 2.43. The van der Waals surface area contributed by atoms with Gasteiger partial charge in [0.25, 0.3) is 0 Å². The maximum absolute atomic E-state index is 10.9. The van der Waals surface area contributed by atoms with Gasteiger partial charge < -0.3 is 4.74 Å². The Morgan fingerprint density at radius 3 is 2.75 bits per heavy atom. The van der Waals surface area contributed by atoms with Crippen molar-refractivity contribution in [2.45, 2.75) is 6.92 Å². The van der Waals surface area contributed by atoms with Gasteiger partial charge in [0, 0.05) is 0 Å². The summed E-state index contributed by atoms with van der Waals surface area (Å²) in [4.78, 5) is 10.9. The molecular weight excluding hydrogens is 172 g/mol. The van der Waals surface area contributed by atoms with Crippen molar-refractivity contribution in [1.82, 2.24) is 0 Å². The van der Waals surface area contributed by atoms with Crippen molar-refractivity contribution in [1.29, 1.82) is 0 Å². The largest absolute Gasteiger partial charge is 0.493 e. The van der Waals surface area contributed by atoms with Gasteiger partial charge in [0.2, 0.25) is 5.12 Å². The Morgan fingerprint density at radius 1 is 1.50 bits per heavy atom. The van der Waals surface area contributed by atoms with Crippen LogP contribution in [-0.4, -0.2) is 11.7 Å². The molecule has 1 rings (SSSR count). The molecule has 1 aromatic rings. The number of thiol groups is 1. The Morgan fingerprint density at radius 2 is 2.17 bits per heavy atom. The van der Waals surface area contributed by atoms with Crippen LogP contribution in [0.2, 0.25) is 0 Å². The molecule has 0 atom stereocenters. The molecule has 0 aromatic heterocycles. The van der Waals surface area contributed by atoms with Crippen molar-refractivity contribution in [3.63, 3.8) is 0 Å². The topological polar surface area (TPSA) is 26.3 Å². The second kappa shape index (κ2) is 4.16. The molecule has 0 N–H and O–H groups in total. The van der Waals surface area contributed by atoms with Gasteiger partial charge in [-0.25, -0.2) is 0 Å². The van der Waals surface area contributed by atoms with E-state index in [-0.39, 0.29) is 5.12 Å². The summed E-state index contributed by atoms with van der Waals surface area (Å²) in [6, 6.07) is 7.06. The van der Waals surface area contributed by atoms with E-state index in [2.05, 4.69) is 12.6 Å². The first kappa shape index (κ1) is 9.13. The Labute approximate surface area is 77.0 Å². The molecular formula is C9H10O2S. The van der Waals surface area contributed by atoms with Gasteiger partial charge in [-0.2, -0.15) is 0 Å².